The molecule has 0 atom stereocenters. The van der Waals surface area contributed by atoms with E-state index in [4.69, 9.17) is 16.3 Å². The highest BCUT2D eigenvalue weighted by Crippen LogP contribution is 2.39. The van der Waals surface area contributed by atoms with E-state index in [0.717, 1.165) is 22.9 Å². The van der Waals surface area contributed by atoms with Gasteiger partial charge in [-0.2, -0.15) is 0 Å². The molecule has 1 fully saturated rings. The average Bonchev–Trinajstić information content (AvgIpc) is 2.64. The number of fused-ring (bicyclic) bond motifs is 1. The Morgan fingerprint density at radius 1 is 1.19 bits per heavy atom. The van der Waals surface area contributed by atoms with E-state index < -0.39 is 5.60 Å². The molecule has 0 N–H and O–H groups in total. The minimum absolute atomic E-state index is 0.0749. The molecule has 0 unspecified atom stereocenters. The maximum Gasteiger partial charge on any atom is 0.258 e. The van der Waals surface area contributed by atoms with Crippen molar-refractivity contribution in [2.45, 2.75) is 12.5 Å². The van der Waals surface area contributed by atoms with Gasteiger partial charge in [0.15, 0.2) is 5.60 Å². The van der Waals surface area contributed by atoms with E-state index in [1.165, 1.54) is 0 Å². The molecule has 6 heteroatoms. The van der Waals surface area contributed by atoms with Gasteiger partial charge in [-0.3, -0.25) is 9.59 Å². The maximum absolute atomic E-state index is 12.4. The minimum atomic E-state index is -0.677. The molecule has 1 aliphatic rings. The Labute approximate surface area is 161 Å². The van der Waals surface area contributed by atoms with E-state index in [9.17, 15) is 9.59 Å². The van der Waals surface area contributed by atoms with Crippen molar-refractivity contribution in [1.29, 1.82) is 0 Å². The Morgan fingerprint density at radius 3 is 2.70 bits per heavy atom. The number of carbonyl (C=O) groups excluding carboxylic acids is 1. The van der Waals surface area contributed by atoms with E-state index in [1.54, 1.807) is 28.8 Å². The van der Waals surface area contributed by atoms with Crippen molar-refractivity contribution >= 4 is 28.8 Å². The Morgan fingerprint density at radius 2 is 1.96 bits per heavy atom. The van der Waals surface area contributed by atoms with Crippen LogP contribution in [0.25, 0.3) is 10.8 Å². The number of amides is 1. The molecule has 0 aliphatic carbocycles. The number of pyridine rings is 1. The molecule has 27 heavy (non-hydrogen) atoms. The van der Waals surface area contributed by atoms with Gasteiger partial charge in [-0.05, 0) is 42.1 Å². The van der Waals surface area contributed by atoms with Gasteiger partial charge in [0, 0.05) is 23.8 Å². The van der Waals surface area contributed by atoms with Gasteiger partial charge in [-0.1, -0.05) is 29.8 Å². The minimum Gasteiger partial charge on any atom is -0.479 e. The number of aryl methyl sites for hydroxylation is 1. The molecule has 2 heterocycles. The zero-order chi connectivity index (χ0) is 19.2. The van der Waals surface area contributed by atoms with E-state index in [1.807, 2.05) is 43.3 Å². The van der Waals surface area contributed by atoms with Crippen molar-refractivity contribution < 1.29 is 9.53 Å². The summed E-state index contributed by atoms with van der Waals surface area (Å²) >= 11 is 6.31. The summed E-state index contributed by atoms with van der Waals surface area (Å²) in [5.41, 5.74) is 1.13. The van der Waals surface area contributed by atoms with Crippen LogP contribution in [-0.2, 0) is 17.4 Å². The first-order valence-electron chi connectivity index (χ1n) is 8.67. The summed E-state index contributed by atoms with van der Waals surface area (Å²) in [7, 11) is 1.72. The summed E-state index contributed by atoms with van der Waals surface area (Å²) in [6, 6.07) is 13.1. The number of carbonyl (C=O) groups is 1. The SMILES string of the molecule is Cc1c(Cl)cccc1C1(Oc2ccc3ccn(C)c(=O)c3c2)CN(C=O)C1. The zero-order valence-corrected chi connectivity index (χ0v) is 15.9. The van der Waals surface area contributed by atoms with Crippen LogP contribution in [0.4, 0.5) is 0 Å². The highest BCUT2D eigenvalue weighted by Gasteiger charge is 2.47. The molecular formula is C21H19ClN2O3. The Kier molecular flexibility index (Phi) is 4.19. The van der Waals surface area contributed by atoms with E-state index in [2.05, 4.69) is 0 Å². The van der Waals surface area contributed by atoms with Gasteiger partial charge in [0.1, 0.15) is 5.75 Å². The average molecular weight is 383 g/mol. The monoisotopic (exact) mass is 382 g/mol. The van der Waals surface area contributed by atoms with Gasteiger partial charge < -0.3 is 14.2 Å². The van der Waals surface area contributed by atoms with Crippen LogP contribution in [0, 0.1) is 6.92 Å². The molecule has 4 rings (SSSR count). The normalized spacial score (nSPS) is 15.4. The fourth-order valence-corrected chi connectivity index (χ4v) is 3.85. The van der Waals surface area contributed by atoms with Crippen LogP contribution in [-0.4, -0.2) is 29.0 Å². The number of nitrogens with zero attached hydrogens (tertiary/aromatic N) is 2. The maximum atomic E-state index is 12.4. The van der Waals surface area contributed by atoms with Gasteiger partial charge in [-0.25, -0.2) is 0 Å². The predicted molar refractivity (Wildman–Crippen MR) is 105 cm³/mol. The predicted octanol–water partition coefficient (Wildman–Crippen LogP) is 3.25. The van der Waals surface area contributed by atoms with Gasteiger partial charge in [0.25, 0.3) is 5.56 Å². The third kappa shape index (κ3) is 2.88. The second-order valence-corrected chi connectivity index (χ2v) is 7.41. The molecule has 3 aromatic rings. The van der Waals surface area contributed by atoms with Crippen molar-refractivity contribution in [2.24, 2.45) is 7.05 Å². The molecule has 1 amide bonds. The standard InChI is InChI=1S/C21H19ClN2O3/c1-14-18(4-3-5-19(14)22)21(11-24(12-21)13-25)27-16-7-6-15-8-9-23(2)20(26)17(15)10-16/h3-10,13H,11-12H2,1-2H3. The van der Waals surface area contributed by atoms with Gasteiger partial charge in [-0.15, -0.1) is 0 Å². The molecule has 0 spiro atoms. The lowest BCUT2D eigenvalue weighted by Gasteiger charge is -2.49. The summed E-state index contributed by atoms with van der Waals surface area (Å²) in [6.07, 6.45) is 2.56. The third-order valence-corrected chi connectivity index (χ3v) is 5.60. The lowest BCUT2D eigenvalue weighted by Crippen LogP contribution is -2.62. The first-order chi connectivity index (χ1) is 12.9. The number of likely N-dealkylation sites (tertiary alicyclic amines) is 1. The molecule has 1 aliphatic heterocycles. The molecular weight excluding hydrogens is 364 g/mol. The molecule has 1 aromatic heterocycles. The molecule has 0 radical (unpaired) electrons. The summed E-state index contributed by atoms with van der Waals surface area (Å²) < 4.78 is 7.93. The number of aromatic nitrogens is 1. The van der Waals surface area contributed by atoms with Gasteiger partial charge in [0.2, 0.25) is 6.41 Å². The fourth-order valence-electron chi connectivity index (χ4n) is 3.68. The third-order valence-electron chi connectivity index (χ3n) is 5.19. The molecule has 0 saturated carbocycles. The Balaban J connectivity index is 1.78. The van der Waals surface area contributed by atoms with Crippen LogP contribution in [0.15, 0.2) is 53.5 Å². The highest BCUT2D eigenvalue weighted by atomic mass is 35.5. The quantitative estimate of drug-likeness (QED) is 0.651. The van der Waals surface area contributed by atoms with Crippen molar-refractivity contribution in [3.05, 3.63) is 75.2 Å². The molecule has 1 saturated heterocycles. The second-order valence-electron chi connectivity index (χ2n) is 7.00. The van der Waals surface area contributed by atoms with Crippen LogP contribution in [0.5, 0.6) is 5.75 Å². The van der Waals surface area contributed by atoms with Crippen LogP contribution in [0.1, 0.15) is 11.1 Å². The van der Waals surface area contributed by atoms with Crippen LogP contribution in [0.3, 0.4) is 0 Å². The van der Waals surface area contributed by atoms with Crippen LogP contribution >= 0.6 is 11.6 Å². The molecule has 0 bridgehead atoms. The molecule has 5 nitrogen and oxygen atoms in total. The van der Waals surface area contributed by atoms with E-state index >= 15 is 0 Å². The van der Waals surface area contributed by atoms with E-state index in [-0.39, 0.29) is 5.56 Å². The molecule has 138 valence electrons. The summed E-state index contributed by atoms with van der Waals surface area (Å²) in [5.74, 6) is 0.593. The molecule has 2 aromatic carbocycles. The van der Waals surface area contributed by atoms with Gasteiger partial charge in [0.05, 0.1) is 18.5 Å². The highest BCUT2D eigenvalue weighted by molar-refractivity contribution is 6.31. The van der Waals surface area contributed by atoms with Crippen molar-refractivity contribution in [2.75, 3.05) is 13.1 Å². The number of hydrogen-bond acceptors (Lipinski definition) is 3. The first-order valence-corrected chi connectivity index (χ1v) is 9.05. The van der Waals surface area contributed by atoms with Gasteiger partial charge >= 0.3 is 0 Å². The number of benzene rings is 2. The number of ether oxygens (including phenoxy) is 1. The smallest absolute Gasteiger partial charge is 0.258 e. The summed E-state index contributed by atoms with van der Waals surface area (Å²) in [4.78, 5) is 25.3. The van der Waals surface area contributed by atoms with Crippen LogP contribution < -0.4 is 10.3 Å². The Bertz CT molecular complexity index is 1100. The number of hydrogen-bond donors (Lipinski definition) is 0. The first kappa shape index (κ1) is 17.6. The fraction of sp³-hybridized carbons (Fsp3) is 0.238. The largest absolute Gasteiger partial charge is 0.479 e. The number of rotatable bonds is 4. The lowest BCUT2D eigenvalue weighted by atomic mass is 9.83. The zero-order valence-electron chi connectivity index (χ0n) is 15.1. The summed E-state index contributed by atoms with van der Waals surface area (Å²) in [5, 5.41) is 2.12. The lowest BCUT2D eigenvalue weighted by molar-refractivity contribution is -0.138. The van der Waals surface area contributed by atoms with Crippen LogP contribution in [0.2, 0.25) is 5.02 Å². The Hall–Kier alpha value is -2.79. The second kappa shape index (κ2) is 6.43. The van der Waals surface area contributed by atoms with Crippen molar-refractivity contribution in [3.63, 3.8) is 0 Å². The topological polar surface area (TPSA) is 51.5 Å². The van der Waals surface area contributed by atoms with E-state index in [0.29, 0.717) is 29.2 Å². The van der Waals surface area contributed by atoms with Crippen molar-refractivity contribution in [1.82, 2.24) is 9.47 Å². The number of halogens is 1. The van der Waals surface area contributed by atoms with Crippen molar-refractivity contribution in [3.8, 4) is 5.75 Å². The summed E-state index contributed by atoms with van der Waals surface area (Å²) in [6.45, 7) is 2.81.